The second-order valence-electron chi connectivity index (χ2n) is 3.95. The quantitative estimate of drug-likeness (QED) is 0.747. The molecular formula is C16H18O. The average Bonchev–Trinajstić information content (AvgIpc) is 2.40. The third kappa shape index (κ3) is 3.18. The van der Waals surface area contributed by atoms with E-state index in [2.05, 4.69) is 0 Å². The summed E-state index contributed by atoms with van der Waals surface area (Å²) in [5, 5.41) is 0. The van der Waals surface area contributed by atoms with E-state index in [1.807, 2.05) is 60.7 Å². The first-order chi connectivity index (χ1) is 8.92. The lowest BCUT2D eigenvalue weighted by molar-refractivity contribution is 0.00586. The molecule has 0 saturated carbocycles. The molecule has 2 unspecified atom stereocenters. The molecule has 0 saturated heterocycles. The molecule has 0 heterocycles. The topological polar surface area (TPSA) is 9.23 Å². The van der Waals surface area contributed by atoms with Gasteiger partial charge in [0.15, 0.2) is 0 Å². The standard InChI is InChI=1S/C16H18O/c1-13(15-9-5-3-6-10-15)17-14(2)16-11-7-4-8-12-16/h3-14H,1-2H3/i13D,14D. The lowest BCUT2D eigenvalue weighted by Crippen LogP contribution is -2.04. The van der Waals surface area contributed by atoms with E-state index < -0.39 is 12.2 Å². The Hall–Kier alpha value is -1.60. The molecule has 0 amide bonds. The predicted molar refractivity (Wildman–Crippen MR) is 70.8 cm³/mol. The zero-order chi connectivity index (χ0) is 13.9. The Balaban J connectivity index is 2.25. The molecule has 2 aromatic carbocycles. The van der Waals surface area contributed by atoms with Crippen molar-refractivity contribution in [3.63, 3.8) is 0 Å². The summed E-state index contributed by atoms with van der Waals surface area (Å²) in [5.41, 5.74) is 1.48. The molecule has 0 aliphatic carbocycles. The zero-order valence-corrected chi connectivity index (χ0v) is 10.2. The molecule has 0 spiro atoms. The summed E-state index contributed by atoms with van der Waals surface area (Å²) < 4.78 is 22.4. The van der Waals surface area contributed by atoms with Crippen LogP contribution in [0.1, 0.15) is 39.9 Å². The van der Waals surface area contributed by atoms with Gasteiger partial charge < -0.3 is 4.74 Å². The molecule has 0 aliphatic rings. The Morgan fingerprint density at radius 1 is 0.765 bits per heavy atom. The summed E-state index contributed by atoms with van der Waals surface area (Å²) in [5.74, 6) is 0. The molecule has 17 heavy (non-hydrogen) atoms. The van der Waals surface area contributed by atoms with Crippen molar-refractivity contribution in [1.29, 1.82) is 0 Å². The number of rotatable bonds is 4. The van der Waals surface area contributed by atoms with Crippen molar-refractivity contribution in [2.75, 3.05) is 0 Å². The van der Waals surface area contributed by atoms with Crippen molar-refractivity contribution in [2.24, 2.45) is 0 Å². The molecule has 2 rings (SSSR count). The van der Waals surface area contributed by atoms with Crippen LogP contribution in [0.15, 0.2) is 60.7 Å². The van der Waals surface area contributed by atoms with E-state index in [9.17, 15) is 0 Å². The van der Waals surface area contributed by atoms with E-state index in [0.717, 1.165) is 11.1 Å². The highest BCUT2D eigenvalue weighted by molar-refractivity contribution is 5.19. The highest BCUT2D eigenvalue weighted by atomic mass is 16.5. The lowest BCUT2D eigenvalue weighted by atomic mass is 10.1. The number of benzene rings is 2. The minimum atomic E-state index is -1.26. The second kappa shape index (κ2) is 5.65. The van der Waals surface area contributed by atoms with Crippen LogP contribution in [0.25, 0.3) is 0 Å². The molecular weight excluding hydrogens is 208 g/mol. The minimum absolute atomic E-state index is 0.740. The maximum absolute atomic E-state index is 8.33. The van der Waals surface area contributed by atoms with Crippen molar-refractivity contribution in [3.05, 3.63) is 71.8 Å². The number of hydrogen-bond donors (Lipinski definition) is 0. The highest BCUT2D eigenvalue weighted by Gasteiger charge is 2.11. The minimum Gasteiger partial charge on any atom is -0.366 e. The molecule has 0 bridgehead atoms. The van der Waals surface area contributed by atoms with Crippen molar-refractivity contribution in [3.8, 4) is 0 Å². The predicted octanol–water partition coefficient (Wildman–Crippen LogP) is 4.53. The van der Waals surface area contributed by atoms with Gasteiger partial charge in [-0.05, 0) is 25.0 Å². The SMILES string of the molecule is [2H]C(C)(OC([2H])(C)c1ccccc1)c1ccccc1. The molecule has 0 fully saturated rings. The van der Waals surface area contributed by atoms with Crippen LogP contribution in [0.3, 0.4) is 0 Å². The van der Waals surface area contributed by atoms with Crippen molar-refractivity contribution in [2.45, 2.75) is 26.0 Å². The fourth-order valence-electron chi connectivity index (χ4n) is 1.69. The van der Waals surface area contributed by atoms with E-state index in [-0.39, 0.29) is 0 Å². The third-order valence-corrected chi connectivity index (χ3v) is 2.67. The Kier molecular flexibility index (Phi) is 3.13. The molecule has 0 radical (unpaired) electrons. The van der Waals surface area contributed by atoms with E-state index >= 15 is 0 Å². The third-order valence-electron chi connectivity index (χ3n) is 2.67. The van der Waals surface area contributed by atoms with E-state index in [4.69, 9.17) is 7.48 Å². The van der Waals surface area contributed by atoms with Crippen LogP contribution in [-0.2, 0) is 4.74 Å². The molecule has 0 aromatic heterocycles. The molecule has 2 aromatic rings. The maximum Gasteiger partial charge on any atom is 0.0805 e. The van der Waals surface area contributed by atoms with E-state index in [1.54, 1.807) is 13.8 Å². The summed E-state index contributed by atoms with van der Waals surface area (Å²) in [4.78, 5) is 0. The van der Waals surface area contributed by atoms with Gasteiger partial charge >= 0.3 is 0 Å². The average molecular weight is 228 g/mol. The lowest BCUT2D eigenvalue weighted by Gasteiger charge is -2.19. The second-order valence-corrected chi connectivity index (χ2v) is 3.95. The van der Waals surface area contributed by atoms with Crippen LogP contribution in [-0.4, -0.2) is 0 Å². The van der Waals surface area contributed by atoms with Crippen LogP contribution in [0, 0.1) is 0 Å². The van der Waals surface area contributed by atoms with Crippen LogP contribution < -0.4 is 0 Å². The van der Waals surface area contributed by atoms with Crippen LogP contribution in [0.2, 0.25) is 0 Å². The van der Waals surface area contributed by atoms with Crippen LogP contribution >= 0.6 is 0 Å². The summed E-state index contributed by atoms with van der Waals surface area (Å²) in [6.07, 6.45) is -2.51. The Morgan fingerprint density at radius 2 is 1.12 bits per heavy atom. The normalized spacial score (nSPS) is 19.6. The van der Waals surface area contributed by atoms with Crippen molar-refractivity contribution < 1.29 is 7.48 Å². The smallest absolute Gasteiger partial charge is 0.0805 e. The molecule has 88 valence electrons. The van der Waals surface area contributed by atoms with Crippen molar-refractivity contribution in [1.82, 2.24) is 0 Å². The fraction of sp³-hybridized carbons (Fsp3) is 0.250. The van der Waals surface area contributed by atoms with Gasteiger partial charge in [0.25, 0.3) is 0 Å². The molecule has 0 N–H and O–H groups in total. The van der Waals surface area contributed by atoms with Gasteiger partial charge in [-0.1, -0.05) is 60.7 Å². The van der Waals surface area contributed by atoms with Gasteiger partial charge in [0, 0.05) is 0 Å². The highest BCUT2D eigenvalue weighted by Crippen LogP contribution is 2.25. The van der Waals surface area contributed by atoms with Gasteiger partial charge in [0.1, 0.15) is 0 Å². The van der Waals surface area contributed by atoms with E-state index in [1.165, 1.54) is 0 Å². The van der Waals surface area contributed by atoms with Crippen molar-refractivity contribution >= 4 is 0 Å². The first-order valence-electron chi connectivity index (χ1n) is 6.73. The number of ether oxygens (including phenoxy) is 1. The first-order valence-corrected chi connectivity index (χ1v) is 5.73. The van der Waals surface area contributed by atoms with Gasteiger partial charge in [-0.2, -0.15) is 0 Å². The molecule has 1 nitrogen and oxygen atoms in total. The van der Waals surface area contributed by atoms with E-state index in [0.29, 0.717) is 0 Å². The van der Waals surface area contributed by atoms with Gasteiger partial charge in [0.2, 0.25) is 0 Å². The summed E-state index contributed by atoms with van der Waals surface area (Å²) in [6, 6.07) is 18.6. The Bertz CT molecular complexity index is 471. The zero-order valence-electron chi connectivity index (χ0n) is 12.2. The first kappa shape index (κ1) is 9.43. The van der Waals surface area contributed by atoms with Gasteiger partial charge in [-0.25, -0.2) is 0 Å². The molecule has 2 atom stereocenters. The monoisotopic (exact) mass is 228 g/mol. The van der Waals surface area contributed by atoms with Crippen LogP contribution in [0.5, 0.6) is 0 Å². The van der Waals surface area contributed by atoms with Gasteiger partial charge in [-0.3, -0.25) is 0 Å². The molecule has 1 heteroatoms. The fourth-order valence-corrected chi connectivity index (χ4v) is 1.69. The Labute approximate surface area is 106 Å². The molecule has 0 aliphatic heterocycles. The summed E-state index contributed by atoms with van der Waals surface area (Å²) in [6.45, 7) is 3.33. The van der Waals surface area contributed by atoms with Gasteiger partial charge in [-0.15, -0.1) is 0 Å². The Morgan fingerprint density at radius 3 is 1.47 bits per heavy atom. The maximum atomic E-state index is 8.33. The van der Waals surface area contributed by atoms with Crippen LogP contribution in [0.4, 0.5) is 0 Å². The number of hydrogen-bond acceptors (Lipinski definition) is 1. The largest absolute Gasteiger partial charge is 0.366 e. The summed E-state index contributed by atoms with van der Waals surface area (Å²) >= 11 is 0. The summed E-state index contributed by atoms with van der Waals surface area (Å²) in [7, 11) is 0. The van der Waals surface area contributed by atoms with Gasteiger partial charge in [0.05, 0.1) is 14.9 Å².